The Hall–Kier alpha value is -0.680. The van der Waals surface area contributed by atoms with Crippen molar-refractivity contribution in [2.24, 2.45) is 0 Å². The highest BCUT2D eigenvalue weighted by molar-refractivity contribution is 7.09. The minimum atomic E-state index is 0.580. The zero-order chi connectivity index (χ0) is 10.7. The van der Waals surface area contributed by atoms with Crippen LogP contribution in [-0.4, -0.2) is 35.0 Å². The Kier molecular flexibility index (Phi) is 3.53. The van der Waals surface area contributed by atoms with Crippen LogP contribution in [-0.2, 0) is 6.42 Å². The fraction of sp³-hybridized carbons (Fsp3) is 0.800. The van der Waals surface area contributed by atoms with E-state index in [9.17, 15) is 0 Å². The van der Waals surface area contributed by atoms with E-state index in [0.29, 0.717) is 6.04 Å². The Balaban J connectivity index is 2.12. The van der Waals surface area contributed by atoms with Crippen molar-refractivity contribution in [2.75, 3.05) is 24.5 Å². The molecule has 0 bridgehead atoms. The van der Waals surface area contributed by atoms with Crippen LogP contribution in [0.3, 0.4) is 0 Å². The Morgan fingerprint density at radius 1 is 1.53 bits per heavy atom. The van der Waals surface area contributed by atoms with E-state index < -0.39 is 0 Å². The standard InChI is InChI=1S/C10H18N4S/c1-3-8-7-11-5-6-14(8)10-12-9(4-2)13-15-10/h8,11H,3-7H2,1-2H3. The van der Waals surface area contributed by atoms with Crippen molar-refractivity contribution < 1.29 is 0 Å². The molecule has 2 heterocycles. The Bertz CT molecular complexity index is 312. The third-order valence-electron chi connectivity index (χ3n) is 2.84. The van der Waals surface area contributed by atoms with Gasteiger partial charge < -0.3 is 10.2 Å². The zero-order valence-corrected chi connectivity index (χ0v) is 10.2. The average molecular weight is 226 g/mol. The SMILES string of the molecule is CCc1nsc(N2CCNCC2CC)n1. The summed E-state index contributed by atoms with van der Waals surface area (Å²) < 4.78 is 4.35. The summed E-state index contributed by atoms with van der Waals surface area (Å²) in [7, 11) is 0. The van der Waals surface area contributed by atoms with Crippen LogP contribution in [0.15, 0.2) is 0 Å². The summed E-state index contributed by atoms with van der Waals surface area (Å²) in [5.74, 6) is 0.975. The first-order valence-corrected chi connectivity index (χ1v) is 6.42. The lowest BCUT2D eigenvalue weighted by atomic mass is 10.1. The van der Waals surface area contributed by atoms with Gasteiger partial charge in [-0.15, -0.1) is 0 Å². The minimum absolute atomic E-state index is 0.580. The molecule has 0 aliphatic carbocycles. The second kappa shape index (κ2) is 4.90. The number of aromatic nitrogens is 2. The lowest BCUT2D eigenvalue weighted by Gasteiger charge is -2.35. The van der Waals surface area contributed by atoms with E-state index in [2.05, 4.69) is 33.4 Å². The monoisotopic (exact) mass is 226 g/mol. The van der Waals surface area contributed by atoms with Gasteiger partial charge in [0.15, 0.2) is 0 Å². The van der Waals surface area contributed by atoms with Crippen molar-refractivity contribution in [3.05, 3.63) is 5.82 Å². The highest BCUT2D eigenvalue weighted by Gasteiger charge is 2.23. The van der Waals surface area contributed by atoms with Crippen molar-refractivity contribution in [1.29, 1.82) is 0 Å². The van der Waals surface area contributed by atoms with Crippen LogP contribution in [0, 0.1) is 0 Å². The molecule has 1 atom stereocenters. The van der Waals surface area contributed by atoms with E-state index in [-0.39, 0.29) is 0 Å². The van der Waals surface area contributed by atoms with E-state index in [1.807, 2.05) is 0 Å². The summed E-state index contributed by atoms with van der Waals surface area (Å²) in [6.07, 6.45) is 2.09. The van der Waals surface area contributed by atoms with Gasteiger partial charge in [0.05, 0.1) is 0 Å². The molecule has 84 valence electrons. The molecule has 2 rings (SSSR count). The van der Waals surface area contributed by atoms with Crippen molar-refractivity contribution in [1.82, 2.24) is 14.7 Å². The molecular formula is C10H18N4S. The molecule has 0 saturated carbocycles. The lowest BCUT2D eigenvalue weighted by molar-refractivity contribution is 0.465. The summed E-state index contributed by atoms with van der Waals surface area (Å²) in [5, 5.41) is 4.52. The third-order valence-corrected chi connectivity index (χ3v) is 3.63. The van der Waals surface area contributed by atoms with Gasteiger partial charge in [0.25, 0.3) is 0 Å². The minimum Gasteiger partial charge on any atom is -0.341 e. The molecule has 1 saturated heterocycles. The van der Waals surface area contributed by atoms with Crippen molar-refractivity contribution in [3.8, 4) is 0 Å². The molecule has 1 unspecified atom stereocenters. The van der Waals surface area contributed by atoms with Gasteiger partial charge in [-0.2, -0.15) is 4.37 Å². The maximum Gasteiger partial charge on any atom is 0.205 e. The average Bonchev–Trinajstić information content (AvgIpc) is 2.77. The number of nitrogens with zero attached hydrogens (tertiary/aromatic N) is 3. The first-order valence-electron chi connectivity index (χ1n) is 5.65. The van der Waals surface area contributed by atoms with Gasteiger partial charge >= 0.3 is 0 Å². The molecule has 5 heteroatoms. The summed E-state index contributed by atoms with van der Waals surface area (Å²) in [6, 6.07) is 0.580. The van der Waals surface area contributed by atoms with E-state index >= 15 is 0 Å². The summed E-state index contributed by atoms with van der Waals surface area (Å²) in [4.78, 5) is 6.95. The van der Waals surface area contributed by atoms with Crippen molar-refractivity contribution in [3.63, 3.8) is 0 Å². The van der Waals surface area contributed by atoms with Crippen molar-refractivity contribution in [2.45, 2.75) is 32.7 Å². The normalized spacial score (nSPS) is 22.0. The molecule has 1 aromatic rings. The number of rotatable bonds is 3. The lowest BCUT2D eigenvalue weighted by Crippen LogP contribution is -2.51. The molecule has 1 aromatic heterocycles. The highest BCUT2D eigenvalue weighted by Crippen LogP contribution is 2.22. The quantitative estimate of drug-likeness (QED) is 0.843. The molecule has 15 heavy (non-hydrogen) atoms. The van der Waals surface area contributed by atoms with Crippen LogP contribution in [0.25, 0.3) is 0 Å². The molecule has 1 fully saturated rings. The molecule has 0 radical (unpaired) electrons. The largest absolute Gasteiger partial charge is 0.341 e. The maximum atomic E-state index is 4.56. The number of hydrogen-bond acceptors (Lipinski definition) is 5. The van der Waals surface area contributed by atoms with Gasteiger partial charge in [-0.3, -0.25) is 0 Å². The fourth-order valence-electron chi connectivity index (χ4n) is 1.88. The van der Waals surface area contributed by atoms with Gasteiger partial charge in [-0.05, 0) is 6.42 Å². The predicted octanol–water partition coefficient (Wildman–Crippen LogP) is 1.29. The number of hydrogen-bond donors (Lipinski definition) is 1. The van der Waals surface area contributed by atoms with Gasteiger partial charge in [0.2, 0.25) is 5.13 Å². The van der Waals surface area contributed by atoms with Gasteiger partial charge in [0.1, 0.15) is 5.82 Å². The van der Waals surface area contributed by atoms with Gasteiger partial charge in [-0.25, -0.2) is 4.98 Å². The van der Waals surface area contributed by atoms with Crippen molar-refractivity contribution >= 4 is 16.7 Å². The van der Waals surface area contributed by atoms with Crippen LogP contribution in [0.4, 0.5) is 5.13 Å². The number of anilines is 1. The van der Waals surface area contributed by atoms with Gasteiger partial charge in [0, 0.05) is 43.6 Å². The fourth-order valence-corrected chi connectivity index (χ4v) is 2.73. The van der Waals surface area contributed by atoms with Crippen LogP contribution in [0.2, 0.25) is 0 Å². The second-order valence-corrected chi connectivity index (χ2v) is 4.54. The number of piperazine rings is 1. The van der Waals surface area contributed by atoms with Crippen LogP contribution < -0.4 is 10.2 Å². The van der Waals surface area contributed by atoms with Crippen LogP contribution in [0.5, 0.6) is 0 Å². The molecule has 1 aliphatic heterocycles. The summed E-state index contributed by atoms with van der Waals surface area (Å²) in [5.41, 5.74) is 0. The predicted molar refractivity (Wildman–Crippen MR) is 63.6 cm³/mol. The van der Waals surface area contributed by atoms with E-state index in [0.717, 1.165) is 43.4 Å². The van der Waals surface area contributed by atoms with E-state index in [1.165, 1.54) is 11.5 Å². The smallest absolute Gasteiger partial charge is 0.205 e. The molecule has 0 spiro atoms. The third kappa shape index (κ3) is 2.29. The molecule has 4 nitrogen and oxygen atoms in total. The topological polar surface area (TPSA) is 41.1 Å². The molecule has 1 N–H and O–H groups in total. The second-order valence-electron chi connectivity index (χ2n) is 3.81. The van der Waals surface area contributed by atoms with Crippen LogP contribution in [0.1, 0.15) is 26.1 Å². The summed E-state index contributed by atoms with van der Waals surface area (Å²) in [6.45, 7) is 7.50. The summed E-state index contributed by atoms with van der Waals surface area (Å²) >= 11 is 1.54. The number of nitrogens with one attached hydrogen (secondary N) is 1. The Morgan fingerprint density at radius 2 is 2.40 bits per heavy atom. The van der Waals surface area contributed by atoms with Gasteiger partial charge in [-0.1, -0.05) is 13.8 Å². The van der Waals surface area contributed by atoms with Crippen LogP contribution >= 0.6 is 11.5 Å². The first-order chi connectivity index (χ1) is 7.35. The Labute approximate surface area is 94.9 Å². The maximum absolute atomic E-state index is 4.56. The highest BCUT2D eigenvalue weighted by atomic mass is 32.1. The first kappa shape index (κ1) is 10.8. The van der Waals surface area contributed by atoms with E-state index in [4.69, 9.17) is 0 Å². The number of aryl methyl sites for hydroxylation is 1. The molecule has 0 amide bonds. The molecule has 1 aliphatic rings. The molecule has 0 aromatic carbocycles. The Morgan fingerprint density at radius 3 is 3.07 bits per heavy atom. The van der Waals surface area contributed by atoms with E-state index in [1.54, 1.807) is 0 Å². The molecular weight excluding hydrogens is 208 g/mol. The zero-order valence-electron chi connectivity index (χ0n) is 9.36.